The molecule has 2 fully saturated rings. The van der Waals surface area contributed by atoms with E-state index in [9.17, 15) is 9.90 Å². The first-order valence-electron chi connectivity index (χ1n) is 9.09. The molecule has 5 nitrogen and oxygen atoms in total. The molecule has 0 radical (unpaired) electrons. The van der Waals surface area contributed by atoms with E-state index in [4.69, 9.17) is 4.84 Å². The van der Waals surface area contributed by atoms with Gasteiger partial charge in [0.25, 0.3) is 0 Å². The Kier molecular flexibility index (Phi) is 6.24. The Hall–Kier alpha value is -1.43. The molecule has 1 aromatic rings. The maximum Gasteiger partial charge on any atom is 0.227 e. The van der Waals surface area contributed by atoms with Gasteiger partial charge in [0, 0.05) is 13.1 Å². The molecule has 0 aromatic heterocycles. The monoisotopic (exact) mass is 332 g/mol. The van der Waals surface area contributed by atoms with E-state index in [2.05, 4.69) is 5.48 Å². The molecule has 0 unspecified atom stereocenters. The maximum atomic E-state index is 12.6. The van der Waals surface area contributed by atoms with Crippen LogP contribution in [0, 0.1) is 11.8 Å². The highest BCUT2D eigenvalue weighted by molar-refractivity contribution is 5.82. The number of hydrogen-bond donors (Lipinski definition) is 2. The Morgan fingerprint density at radius 1 is 1.21 bits per heavy atom. The standard InChI is InChI=1S/C19H28N2O3/c22-11-10-21-13-18(20-24-14-16-8-2-1-3-9-16)17(19(21)23)12-15-6-4-5-7-15/h1-3,8-9,15,17-18,20,22H,4-7,10-14H2/t17-,18+/m0/s1. The first-order chi connectivity index (χ1) is 11.8. The second kappa shape index (κ2) is 8.60. The SMILES string of the molecule is O=C1[C@@H](CC2CCCC2)[C@H](NOCc2ccccc2)CN1CCO. The van der Waals surface area contributed by atoms with Crippen LogP contribution >= 0.6 is 0 Å². The minimum Gasteiger partial charge on any atom is -0.395 e. The summed E-state index contributed by atoms with van der Waals surface area (Å²) in [6.07, 6.45) is 5.99. The predicted octanol–water partition coefficient (Wildman–Crippen LogP) is 2.11. The molecular formula is C19H28N2O3. The number of likely N-dealkylation sites (tertiary alicyclic amines) is 1. The van der Waals surface area contributed by atoms with Crippen molar-refractivity contribution in [1.82, 2.24) is 10.4 Å². The number of nitrogens with zero attached hydrogens (tertiary/aromatic N) is 1. The van der Waals surface area contributed by atoms with E-state index in [1.54, 1.807) is 4.90 Å². The third-order valence-electron chi connectivity index (χ3n) is 5.28. The van der Waals surface area contributed by atoms with Crippen LogP contribution in [0.15, 0.2) is 30.3 Å². The predicted molar refractivity (Wildman–Crippen MR) is 91.9 cm³/mol. The van der Waals surface area contributed by atoms with E-state index >= 15 is 0 Å². The molecule has 1 heterocycles. The number of amides is 1. The number of hydrogen-bond acceptors (Lipinski definition) is 4. The number of rotatable bonds is 8. The summed E-state index contributed by atoms with van der Waals surface area (Å²) >= 11 is 0. The molecule has 2 N–H and O–H groups in total. The summed E-state index contributed by atoms with van der Waals surface area (Å²) in [7, 11) is 0. The van der Waals surface area contributed by atoms with Crippen LogP contribution in [0.3, 0.4) is 0 Å². The summed E-state index contributed by atoms with van der Waals surface area (Å²) in [5.74, 6) is 0.790. The van der Waals surface area contributed by atoms with Crippen LogP contribution in [0.5, 0.6) is 0 Å². The number of nitrogens with one attached hydrogen (secondary N) is 1. The summed E-state index contributed by atoms with van der Waals surface area (Å²) in [4.78, 5) is 20.1. The Labute approximate surface area is 143 Å². The van der Waals surface area contributed by atoms with Crippen LogP contribution in [0.25, 0.3) is 0 Å². The fourth-order valence-corrected chi connectivity index (χ4v) is 3.98. The Balaban J connectivity index is 1.56. The zero-order valence-corrected chi connectivity index (χ0v) is 14.2. The Bertz CT molecular complexity index is 517. The maximum absolute atomic E-state index is 12.6. The number of carbonyl (C=O) groups is 1. The zero-order valence-electron chi connectivity index (χ0n) is 14.2. The first-order valence-corrected chi connectivity index (χ1v) is 9.09. The van der Waals surface area contributed by atoms with Crippen LogP contribution in [0.2, 0.25) is 0 Å². The van der Waals surface area contributed by atoms with Crippen LogP contribution in [-0.4, -0.2) is 41.7 Å². The smallest absolute Gasteiger partial charge is 0.227 e. The molecule has 1 amide bonds. The highest BCUT2D eigenvalue weighted by Gasteiger charge is 2.41. The molecule has 5 heteroatoms. The van der Waals surface area contributed by atoms with Gasteiger partial charge in [-0.1, -0.05) is 56.0 Å². The minimum atomic E-state index is -0.0320. The fourth-order valence-electron chi connectivity index (χ4n) is 3.98. The van der Waals surface area contributed by atoms with Gasteiger partial charge in [0.15, 0.2) is 0 Å². The third-order valence-corrected chi connectivity index (χ3v) is 5.28. The lowest BCUT2D eigenvalue weighted by atomic mass is 9.90. The van der Waals surface area contributed by atoms with E-state index in [0.717, 1.165) is 12.0 Å². The van der Waals surface area contributed by atoms with Crippen LogP contribution < -0.4 is 5.48 Å². The van der Waals surface area contributed by atoms with Crippen molar-refractivity contribution in [3.63, 3.8) is 0 Å². The molecule has 1 saturated carbocycles. The van der Waals surface area contributed by atoms with Crippen molar-refractivity contribution in [2.24, 2.45) is 11.8 Å². The van der Waals surface area contributed by atoms with Crippen molar-refractivity contribution in [3.05, 3.63) is 35.9 Å². The van der Waals surface area contributed by atoms with Gasteiger partial charge in [0.2, 0.25) is 5.91 Å². The van der Waals surface area contributed by atoms with Crippen molar-refractivity contribution < 1.29 is 14.7 Å². The summed E-state index contributed by atoms with van der Waals surface area (Å²) in [6, 6.07) is 10.0. The lowest BCUT2D eigenvalue weighted by molar-refractivity contribution is -0.132. The largest absolute Gasteiger partial charge is 0.395 e. The van der Waals surface area contributed by atoms with Gasteiger partial charge in [-0.2, -0.15) is 5.48 Å². The topological polar surface area (TPSA) is 61.8 Å². The fraction of sp³-hybridized carbons (Fsp3) is 0.632. The number of aliphatic hydroxyl groups is 1. The lowest BCUT2D eigenvalue weighted by Gasteiger charge is -2.20. The van der Waals surface area contributed by atoms with Crippen molar-refractivity contribution in [2.45, 2.75) is 44.8 Å². The molecular weight excluding hydrogens is 304 g/mol. The van der Waals surface area contributed by atoms with Crippen LogP contribution in [-0.2, 0) is 16.2 Å². The molecule has 3 rings (SSSR count). The summed E-state index contributed by atoms with van der Waals surface area (Å²) in [5, 5.41) is 9.18. The van der Waals surface area contributed by atoms with Gasteiger partial charge in [-0.05, 0) is 17.9 Å². The van der Waals surface area contributed by atoms with Gasteiger partial charge in [0.1, 0.15) is 0 Å². The Morgan fingerprint density at radius 3 is 2.67 bits per heavy atom. The molecule has 0 bridgehead atoms. The summed E-state index contributed by atoms with van der Waals surface area (Å²) in [5.41, 5.74) is 4.23. The number of benzene rings is 1. The van der Waals surface area contributed by atoms with E-state index in [-0.39, 0.29) is 24.5 Å². The third kappa shape index (κ3) is 4.35. The normalized spacial score (nSPS) is 24.9. The molecule has 0 spiro atoms. The average Bonchev–Trinajstić information content (AvgIpc) is 3.21. The zero-order chi connectivity index (χ0) is 16.8. The molecule has 2 aliphatic rings. The molecule has 24 heavy (non-hydrogen) atoms. The molecule has 2 atom stereocenters. The Morgan fingerprint density at radius 2 is 1.96 bits per heavy atom. The number of aliphatic hydroxyl groups excluding tert-OH is 1. The van der Waals surface area contributed by atoms with Gasteiger partial charge >= 0.3 is 0 Å². The van der Waals surface area contributed by atoms with E-state index in [1.807, 2.05) is 30.3 Å². The summed E-state index contributed by atoms with van der Waals surface area (Å²) in [6.45, 7) is 1.53. The number of carbonyl (C=O) groups excluding carboxylic acids is 1. The lowest BCUT2D eigenvalue weighted by Crippen LogP contribution is -2.37. The molecule has 1 aromatic carbocycles. The quantitative estimate of drug-likeness (QED) is 0.716. The van der Waals surface area contributed by atoms with E-state index in [1.165, 1.54) is 25.7 Å². The minimum absolute atomic E-state index is 0.00774. The first kappa shape index (κ1) is 17.4. The van der Waals surface area contributed by atoms with Gasteiger partial charge in [0.05, 0.1) is 25.2 Å². The second-order valence-corrected chi connectivity index (χ2v) is 7.00. The van der Waals surface area contributed by atoms with Crippen molar-refractivity contribution in [3.8, 4) is 0 Å². The van der Waals surface area contributed by atoms with E-state index in [0.29, 0.717) is 25.6 Å². The van der Waals surface area contributed by atoms with Crippen molar-refractivity contribution in [2.75, 3.05) is 19.7 Å². The highest BCUT2D eigenvalue weighted by Crippen LogP contribution is 2.34. The number of hydroxylamine groups is 1. The average molecular weight is 332 g/mol. The molecule has 132 valence electrons. The highest BCUT2D eigenvalue weighted by atomic mass is 16.6. The molecule has 1 aliphatic heterocycles. The van der Waals surface area contributed by atoms with Gasteiger partial charge in [-0.15, -0.1) is 0 Å². The summed E-state index contributed by atoms with van der Waals surface area (Å²) < 4.78 is 0. The van der Waals surface area contributed by atoms with E-state index < -0.39 is 0 Å². The second-order valence-electron chi connectivity index (χ2n) is 7.00. The van der Waals surface area contributed by atoms with Gasteiger partial charge in [-0.25, -0.2) is 0 Å². The van der Waals surface area contributed by atoms with Crippen LogP contribution in [0.4, 0.5) is 0 Å². The number of β-amino-alcohol motifs (C(OH)–C–C–N with tert-alkyl or cyclic N) is 1. The molecule has 1 saturated heterocycles. The molecule has 1 aliphatic carbocycles. The van der Waals surface area contributed by atoms with Gasteiger partial charge < -0.3 is 10.0 Å². The van der Waals surface area contributed by atoms with Crippen molar-refractivity contribution in [1.29, 1.82) is 0 Å². The van der Waals surface area contributed by atoms with Crippen LogP contribution in [0.1, 0.15) is 37.7 Å². The van der Waals surface area contributed by atoms with Crippen molar-refractivity contribution >= 4 is 5.91 Å². The van der Waals surface area contributed by atoms with Gasteiger partial charge in [-0.3, -0.25) is 9.63 Å².